The summed E-state index contributed by atoms with van der Waals surface area (Å²) in [4.78, 5) is 10.8. The highest BCUT2D eigenvalue weighted by atomic mass is 16.5. The number of rotatable bonds is 7. The van der Waals surface area contributed by atoms with Crippen molar-refractivity contribution in [2.75, 3.05) is 19.8 Å². The first-order chi connectivity index (χ1) is 6.31. The number of carbonyl (C=O) groups is 1. The molecule has 13 heavy (non-hydrogen) atoms. The minimum absolute atomic E-state index is 0.324. The maximum atomic E-state index is 10.8. The summed E-state index contributed by atoms with van der Waals surface area (Å²) < 4.78 is 9.81. The fourth-order valence-electron chi connectivity index (χ4n) is 0.653. The van der Waals surface area contributed by atoms with Crippen molar-refractivity contribution >= 4 is 5.97 Å². The summed E-state index contributed by atoms with van der Waals surface area (Å²) in [6.07, 6.45) is 5.63. The average Bonchev–Trinajstić information content (AvgIpc) is 2.11. The van der Waals surface area contributed by atoms with Gasteiger partial charge in [0.15, 0.2) is 0 Å². The third-order valence-electron chi connectivity index (χ3n) is 1.22. The van der Waals surface area contributed by atoms with Crippen molar-refractivity contribution in [3.8, 4) is 0 Å². The van der Waals surface area contributed by atoms with E-state index in [0.29, 0.717) is 19.8 Å². The van der Waals surface area contributed by atoms with E-state index in [9.17, 15) is 4.79 Å². The van der Waals surface area contributed by atoms with E-state index in [-0.39, 0.29) is 5.97 Å². The van der Waals surface area contributed by atoms with Crippen LogP contribution in [0.3, 0.4) is 0 Å². The molecule has 0 aliphatic rings. The Bertz CT molecular complexity index is 173. The fraction of sp³-hybridized carbons (Fsp3) is 0.500. The molecular weight excluding hydrogens is 168 g/mol. The standard InChI is InChI=1S/C10H16O3/c1-3-5-8-12-9-6-7-10(11)13-4-2/h3,6-7H,1,4-5,8-9H2,2H3/b7-6+. The molecule has 0 heterocycles. The van der Waals surface area contributed by atoms with E-state index in [1.165, 1.54) is 6.08 Å². The van der Waals surface area contributed by atoms with Crippen LogP contribution in [0.15, 0.2) is 24.8 Å². The van der Waals surface area contributed by atoms with Gasteiger partial charge in [-0.3, -0.25) is 0 Å². The molecule has 0 aliphatic carbocycles. The van der Waals surface area contributed by atoms with Gasteiger partial charge < -0.3 is 9.47 Å². The van der Waals surface area contributed by atoms with Crippen LogP contribution in [0.4, 0.5) is 0 Å². The van der Waals surface area contributed by atoms with E-state index in [2.05, 4.69) is 11.3 Å². The predicted molar refractivity (Wildman–Crippen MR) is 51.4 cm³/mol. The molecular formula is C10H16O3. The van der Waals surface area contributed by atoms with Crippen molar-refractivity contribution in [3.63, 3.8) is 0 Å². The molecule has 0 saturated carbocycles. The summed E-state index contributed by atoms with van der Waals surface area (Å²) in [5.41, 5.74) is 0. The molecule has 0 aliphatic heterocycles. The highest BCUT2D eigenvalue weighted by Gasteiger charge is 1.91. The van der Waals surface area contributed by atoms with Gasteiger partial charge in [-0.1, -0.05) is 12.2 Å². The Balaban J connectivity index is 3.29. The summed E-state index contributed by atoms with van der Waals surface area (Å²) in [7, 11) is 0. The normalized spacial score (nSPS) is 10.2. The van der Waals surface area contributed by atoms with Crippen LogP contribution in [0.1, 0.15) is 13.3 Å². The Kier molecular flexibility index (Phi) is 8.25. The summed E-state index contributed by atoms with van der Waals surface area (Å²) in [5, 5.41) is 0. The largest absolute Gasteiger partial charge is 0.463 e. The number of carbonyl (C=O) groups excluding carboxylic acids is 1. The van der Waals surface area contributed by atoms with Crippen LogP contribution in [-0.2, 0) is 14.3 Å². The number of hydrogen-bond donors (Lipinski definition) is 0. The highest BCUT2D eigenvalue weighted by Crippen LogP contribution is 1.85. The van der Waals surface area contributed by atoms with Crippen LogP contribution >= 0.6 is 0 Å². The minimum atomic E-state index is -0.324. The molecule has 0 aromatic carbocycles. The third-order valence-corrected chi connectivity index (χ3v) is 1.22. The van der Waals surface area contributed by atoms with Crippen LogP contribution in [-0.4, -0.2) is 25.8 Å². The zero-order valence-electron chi connectivity index (χ0n) is 7.99. The molecule has 0 bridgehead atoms. The molecule has 0 unspecified atom stereocenters. The maximum absolute atomic E-state index is 10.8. The van der Waals surface area contributed by atoms with Crippen LogP contribution in [0, 0.1) is 0 Å². The van der Waals surface area contributed by atoms with Gasteiger partial charge in [-0.05, 0) is 13.3 Å². The first kappa shape index (κ1) is 11.9. The van der Waals surface area contributed by atoms with Crippen molar-refractivity contribution in [3.05, 3.63) is 24.8 Å². The zero-order chi connectivity index (χ0) is 9.94. The molecule has 0 aromatic rings. The second-order valence-corrected chi connectivity index (χ2v) is 2.31. The van der Waals surface area contributed by atoms with Gasteiger partial charge in [-0.25, -0.2) is 4.79 Å². The lowest BCUT2D eigenvalue weighted by Gasteiger charge is -1.97. The van der Waals surface area contributed by atoms with E-state index in [1.807, 2.05) is 0 Å². The van der Waals surface area contributed by atoms with Gasteiger partial charge in [-0.15, -0.1) is 6.58 Å². The first-order valence-electron chi connectivity index (χ1n) is 4.33. The third kappa shape index (κ3) is 8.82. The number of ether oxygens (including phenoxy) is 2. The van der Waals surface area contributed by atoms with E-state index in [1.54, 1.807) is 19.1 Å². The van der Waals surface area contributed by atoms with Crippen LogP contribution < -0.4 is 0 Å². The Morgan fingerprint density at radius 1 is 1.54 bits per heavy atom. The van der Waals surface area contributed by atoms with Gasteiger partial charge >= 0.3 is 5.97 Å². The van der Waals surface area contributed by atoms with Crippen molar-refractivity contribution < 1.29 is 14.3 Å². The summed E-state index contributed by atoms with van der Waals surface area (Å²) in [6, 6.07) is 0. The topological polar surface area (TPSA) is 35.5 Å². The fourth-order valence-corrected chi connectivity index (χ4v) is 0.653. The van der Waals surface area contributed by atoms with E-state index < -0.39 is 0 Å². The van der Waals surface area contributed by atoms with Crippen molar-refractivity contribution in [1.29, 1.82) is 0 Å². The lowest BCUT2D eigenvalue weighted by molar-refractivity contribution is -0.137. The van der Waals surface area contributed by atoms with E-state index >= 15 is 0 Å². The van der Waals surface area contributed by atoms with E-state index in [4.69, 9.17) is 4.74 Å². The summed E-state index contributed by atoms with van der Waals surface area (Å²) in [5.74, 6) is -0.324. The second kappa shape index (κ2) is 9.00. The monoisotopic (exact) mass is 184 g/mol. The SMILES string of the molecule is C=CCCOC/C=C/C(=O)OCC. The highest BCUT2D eigenvalue weighted by molar-refractivity contribution is 5.81. The van der Waals surface area contributed by atoms with Crippen molar-refractivity contribution in [2.24, 2.45) is 0 Å². The van der Waals surface area contributed by atoms with Gasteiger partial charge in [0.2, 0.25) is 0 Å². The molecule has 0 spiro atoms. The summed E-state index contributed by atoms with van der Waals surface area (Å²) in [6.45, 7) is 6.81. The molecule has 0 N–H and O–H groups in total. The molecule has 0 fully saturated rings. The van der Waals surface area contributed by atoms with Crippen LogP contribution in [0.2, 0.25) is 0 Å². The molecule has 0 rings (SSSR count). The Morgan fingerprint density at radius 2 is 2.31 bits per heavy atom. The minimum Gasteiger partial charge on any atom is -0.463 e. The Labute approximate surface area is 79.0 Å². The van der Waals surface area contributed by atoms with Gasteiger partial charge in [0.25, 0.3) is 0 Å². The molecule has 0 aromatic heterocycles. The van der Waals surface area contributed by atoms with Gasteiger partial charge in [0.05, 0.1) is 19.8 Å². The summed E-state index contributed by atoms with van der Waals surface area (Å²) >= 11 is 0. The Morgan fingerprint density at radius 3 is 2.92 bits per heavy atom. The van der Waals surface area contributed by atoms with E-state index in [0.717, 1.165) is 6.42 Å². The first-order valence-corrected chi connectivity index (χ1v) is 4.33. The lowest BCUT2D eigenvalue weighted by Crippen LogP contribution is -2.00. The van der Waals surface area contributed by atoms with Gasteiger partial charge in [0.1, 0.15) is 0 Å². The number of esters is 1. The average molecular weight is 184 g/mol. The van der Waals surface area contributed by atoms with Gasteiger partial charge in [0, 0.05) is 6.08 Å². The quantitative estimate of drug-likeness (QED) is 0.261. The Hall–Kier alpha value is -1.09. The maximum Gasteiger partial charge on any atom is 0.330 e. The van der Waals surface area contributed by atoms with Crippen LogP contribution in [0.25, 0.3) is 0 Å². The molecule has 3 nitrogen and oxygen atoms in total. The molecule has 0 amide bonds. The molecule has 74 valence electrons. The molecule has 0 radical (unpaired) electrons. The molecule has 3 heteroatoms. The lowest BCUT2D eigenvalue weighted by atomic mass is 10.4. The predicted octanol–water partition coefficient (Wildman–Crippen LogP) is 1.70. The smallest absolute Gasteiger partial charge is 0.330 e. The van der Waals surface area contributed by atoms with Crippen LogP contribution in [0.5, 0.6) is 0 Å². The second-order valence-electron chi connectivity index (χ2n) is 2.31. The van der Waals surface area contributed by atoms with Crippen molar-refractivity contribution in [1.82, 2.24) is 0 Å². The molecule has 0 atom stereocenters. The number of hydrogen-bond acceptors (Lipinski definition) is 3. The van der Waals surface area contributed by atoms with Gasteiger partial charge in [-0.2, -0.15) is 0 Å². The van der Waals surface area contributed by atoms with Crippen molar-refractivity contribution in [2.45, 2.75) is 13.3 Å². The zero-order valence-corrected chi connectivity index (χ0v) is 7.99. The molecule has 0 saturated heterocycles.